The van der Waals surface area contributed by atoms with E-state index >= 15 is 0 Å². The van der Waals surface area contributed by atoms with Crippen molar-refractivity contribution in [2.75, 3.05) is 52.5 Å². The molecule has 0 unspecified atom stereocenters. The normalized spacial score (nSPS) is 14.9. The van der Waals surface area contributed by atoms with E-state index in [1.807, 2.05) is 0 Å². The number of hydrogen-bond acceptors (Lipinski definition) is 10. The first kappa shape index (κ1) is 54.8. The Kier molecular flexibility index (Phi) is 16.8. The molecule has 24 heteroatoms. The van der Waals surface area contributed by atoms with Gasteiger partial charge in [0.1, 0.15) is 11.1 Å². The molecule has 2 aromatic heterocycles. The van der Waals surface area contributed by atoms with Crippen LogP contribution in [0.15, 0.2) is 141 Å². The number of morpholine rings is 1. The minimum atomic E-state index is -4.58. The molecule has 74 heavy (non-hydrogen) atoms. The number of nitrogens with one attached hydrogen (secondary N) is 3. The van der Waals surface area contributed by atoms with E-state index in [0.717, 1.165) is 33.4 Å². The molecular weight excluding hydrogens is 1020 g/mol. The maximum absolute atomic E-state index is 13.1. The van der Waals surface area contributed by atoms with Crippen LogP contribution in [-0.2, 0) is 50.2 Å². The zero-order valence-electron chi connectivity index (χ0n) is 39.7. The van der Waals surface area contributed by atoms with Gasteiger partial charge in [-0.2, -0.15) is 35.0 Å². The minimum Gasteiger partial charge on any atom is -0.379 e. The topological polar surface area (TPSA) is 198 Å². The van der Waals surface area contributed by atoms with Crippen molar-refractivity contribution in [3.05, 3.63) is 187 Å². The van der Waals surface area contributed by atoms with Crippen molar-refractivity contribution in [3.8, 4) is 11.4 Å². The van der Waals surface area contributed by atoms with Crippen LogP contribution < -0.4 is 27.1 Å². The highest BCUT2D eigenvalue weighted by atomic mass is 32.2. The molecule has 6 aromatic rings. The molecule has 2 amide bonds. The Balaban J connectivity index is 0.000000216. The Morgan fingerprint density at radius 3 is 1.31 bits per heavy atom. The monoisotopic (exact) mass is 1070 g/mol. The number of carbonyl (C=O) groups is 2. The summed E-state index contributed by atoms with van der Waals surface area (Å²) in [5.41, 5.74) is -1.90. The van der Waals surface area contributed by atoms with Crippen molar-refractivity contribution >= 4 is 31.9 Å². The number of carbonyl (C=O) groups excluding carboxylic acids is 2. The second kappa shape index (κ2) is 22.7. The van der Waals surface area contributed by atoms with Gasteiger partial charge >= 0.3 is 12.4 Å². The van der Waals surface area contributed by atoms with Gasteiger partial charge < -0.3 is 20.7 Å². The van der Waals surface area contributed by atoms with Crippen LogP contribution in [0.3, 0.4) is 0 Å². The van der Waals surface area contributed by atoms with Gasteiger partial charge in [-0.1, -0.05) is 36.4 Å². The summed E-state index contributed by atoms with van der Waals surface area (Å²) in [6.45, 7) is 6.27. The average Bonchev–Trinajstić information content (AvgIpc) is 3.38. The van der Waals surface area contributed by atoms with Gasteiger partial charge in [-0.05, 0) is 110 Å². The zero-order valence-corrected chi connectivity index (χ0v) is 41.3. The highest BCUT2D eigenvalue weighted by molar-refractivity contribution is 7.89. The van der Waals surface area contributed by atoms with E-state index in [2.05, 4.69) is 16.0 Å². The predicted molar refractivity (Wildman–Crippen MR) is 260 cm³/mol. The second-order valence-electron chi connectivity index (χ2n) is 17.0. The van der Waals surface area contributed by atoms with Gasteiger partial charge in [-0.25, -0.2) is 16.8 Å². The smallest absolute Gasteiger partial charge is 0.379 e. The Labute approximate surface area is 421 Å². The third-order valence-corrected chi connectivity index (χ3v) is 15.8. The number of hydrogen-bond donors (Lipinski definition) is 3. The first-order valence-electron chi connectivity index (χ1n) is 22.8. The number of rotatable bonds is 12. The number of benzene rings is 4. The molecule has 0 bridgehead atoms. The first-order valence-corrected chi connectivity index (χ1v) is 25.7. The van der Waals surface area contributed by atoms with Gasteiger partial charge in [0.15, 0.2) is 0 Å². The molecule has 0 aliphatic carbocycles. The predicted octanol–water partition coefficient (Wildman–Crippen LogP) is 5.80. The van der Waals surface area contributed by atoms with Crippen molar-refractivity contribution in [1.29, 1.82) is 0 Å². The molecule has 2 aliphatic rings. The fourth-order valence-corrected chi connectivity index (χ4v) is 10.8. The molecule has 2 saturated heterocycles. The third-order valence-electron chi connectivity index (χ3n) is 12.0. The minimum absolute atomic E-state index is 0.00624. The highest BCUT2D eigenvalue weighted by Crippen LogP contribution is 2.32. The van der Waals surface area contributed by atoms with Gasteiger partial charge in [-0.3, -0.25) is 28.3 Å². The Morgan fingerprint density at radius 1 is 0.554 bits per heavy atom. The summed E-state index contributed by atoms with van der Waals surface area (Å²) < 4.78 is 140. The number of ether oxygens (including phenoxy) is 1. The van der Waals surface area contributed by atoms with Crippen LogP contribution >= 0.6 is 0 Å². The number of piperazine rings is 1. The van der Waals surface area contributed by atoms with Crippen molar-refractivity contribution in [3.63, 3.8) is 0 Å². The average molecular weight is 1070 g/mol. The molecule has 2 fully saturated rings. The first-order chi connectivity index (χ1) is 35.0. The molecule has 4 aromatic carbocycles. The highest BCUT2D eigenvalue weighted by Gasteiger charge is 2.33. The zero-order chi connectivity index (χ0) is 53.6. The fourth-order valence-electron chi connectivity index (χ4n) is 7.97. The number of sulfonamides is 2. The Bertz CT molecular complexity index is 3150. The van der Waals surface area contributed by atoms with Crippen molar-refractivity contribution in [1.82, 2.24) is 33.7 Å². The molecule has 8 rings (SSSR count). The molecule has 0 atom stereocenters. The SMILES string of the molecule is Cc1ccc(C(=O)NCc2ccc(S(=O)(=O)N3CCNCC3)cc2)c(=O)n1-c1cccc(C(F)(F)F)c1.Cc1ccc(C(=O)NCc2ccc(S(=O)(=O)N3CCOCC3)cc2)c(=O)n1-c1cccc(C(F)(F)F)c1. The van der Waals surface area contributed by atoms with E-state index in [1.54, 1.807) is 38.1 Å². The van der Waals surface area contributed by atoms with E-state index in [4.69, 9.17) is 4.74 Å². The molecular formula is C50H49F6N7O9S2. The summed E-state index contributed by atoms with van der Waals surface area (Å²) in [6, 6.07) is 26.3. The number of pyridine rings is 2. The Morgan fingerprint density at radius 2 is 0.932 bits per heavy atom. The maximum atomic E-state index is 13.1. The molecule has 2 aliphatic heterocycles. The van der Waals surface area contributed by atoms with E-state index in [0.29, 0.717) is 61.9 Å². The van der Waals surface area contributed by atoms with Gasteiger partial charge in [-0.15, -0.1) is 0 Å². The lowest BCUT2D eigenvalue weighted by Gasteiger charge is -2.26. The third kappa shape index (κ3) is 12.7. The molecule has 3 N–H and O–H groups in total. The standard InChI is InChI=1S/C25H25F3N4O4S.C25H24F3N3O5S/c1-17-5-10-22(24(34)32(17)20-4-2-3-19(15-20)25(26,27)28)23(33)30-16-18-6-8-21(9-7-18)37(35,36)31-13-11-29-12-14-31;1-17-5-10-22(24(33)31(17)20-4-2-3-19(15-20)25(26,27)28)23(32)29-16-18-6-8-21(9-7-18)37(34,35)30-11-13-36-14-12-30/h2-10,15,29H,11-14,16H2,1H3,(H,30,33);2-10,15H,11-14,16H2,1H3,(H,29,32). The number of aryl methyl sites for hydroxylation is 2. The van der Waals surface area contributed by atoms with E-state index in [1.165, 1.54) is 81.4 Å². The Hall–Kier alpha value is -6.96. The summed E-state index contributed by atoms with van der Waals surface area (Å²) in [5.74, 6) is -1.42. The van der Waals surface area contributed by atoms with Crippen LogP contribution in [0.1, 0.15) is 54.4 Å². The number of amides is 2. The summed E-state index contributed by atoms with van der Waals surface area (Å²) in [5, 5.41) is 8.31. The molecule has 0 saturated carbocycles. The largest absolute Gasteiger partial charge is 0.416 e. The maximum Gasteiger partial charge on any atom is 0.416 e. The van der Waals surface area contributed by atoms with Crippen LogP contribution in [0.25, 0.3) is 11.4 Å². The van der Waals surface area contributed by atoms with E-state index < -0.39 is 66.5 Å². The van der Waals surface area contributed by atoms with Crippen molar-refractivity contribution in [2.45, 2.75) is 49.1 Å². The number of nitrogens with zero attached hydrogens (tertiary/aromatic N) is 4. The van der Waals surface area contributed by atoms with Crippen LogP contribution in [0.5, 0.6) is 0 Å². The number of halogens is 6. The summed E-state index contributed by atoms with van der Waals surface area (Å²) in [6.07, 6.45) is -9.16. The van der Waals surface area contributed by atoms with Gasteiger partial charge in [0, 0.05) is 75.1 Å². The van der Waals surface area contributed by atoms with Gasteiger partial charge in [0.2, 0.25) is 20.0 Å². The van der Waals surface area contributed by atoms with E-state index in [-0.39, 0.29) is 58.5 Å². The van der Waals surface area contributed by atoms with Crippen LogP contribution in [-0.4, -0.2) is 98.9 Å². The lowest BCUT2D eigenvalue weighted by molar-refractivity contribution is -0.138. The molecule has 0 spiro atoms. The molecule has 16 nitrogen and oxygen atoms in total. The van der Waals surface area contributed by atoms with Crippen LogP contribution in [0, 0.1) is 13.8 Å². The summed E-state index contributed by atoms with van der Waals surface area (Å²) in [4.78, 5) is 51.9. The van der Waals surface area contributed by atoms with E-state index in [9.17, 15) is 62.4 Å². The fraction of sp³-hybridized carbons (Fsp3) is 0.280. The number of alkyl halides is 6. The second-order valence-corrected chi connectivity index (χ2v) is 20.9. The lowest BCUT2D eigenvalue weighted by atomic mass is 10.1. The van der Waals surface area contributed by atoms with Crippen LogP contribution in [0.2, 0.25) is 0 Å². The lowest BCUT2D eigenvalue weighted by Crippen LogP contribution is -2.46. The van der Waals surface area contributed by atoms with Crippen LogP contribution in [0.4, 0.5) is 26.3 Å². The molecule has 392 valence electrons. The van der Waals surface area contributed by atoms with Gasteiger partial charge in [0.25, 0.3) is 22.9 Å². The number of aromatic nitrogens is 2. The summed E-state index contributed by atoms with van der Waals surface area (Å²) in [7, 11) is -7.27. The summed E-state index contributed by atoms with van der Waals surface area (Å²) >= 11 is 0. The molecule has 4 heterocycles. The molecule has 0 radical (unpaired) electrons. The van der Waals surface area contributed by atoms with Gasteiger partial charge in [0.05, 0.1) is 34.1 Å². The quantitative estimate of drug-likeness (QED) is 0.126. The van der Waals surface area contributed by atoms with Crippen molar-refractivity contribution < 1.29 is 57.5 Å². The van der Waals surface area contributed by atoms with Crippen molar-refractivity contribution in [2.24, 2.45) is 0 Å².